The number of hydrogen-bond acceptors (Lipinski definition) is 5. The van der Waals surface area contributed by atoms with E-state index in [1.54, 1.807) is 25.8 Å². The number of carbonyl (C=O) groups is 1. The molecule has 1 N–H and O–H groups in total. The molecule has 0 aliphatic heterocycles. The zero-order valence-corrected chi connectivity index (χ0v) is 12.4. The quantitative estimate of drug-likeness (QED) is 0.819. The summed E-state index contributed by atoms with van der Waals surface area (Å²) in [7, 11) is 1.71. The fourth-order valence-electron chi connectivity index (χ4n) is 2.13. The standard InChI is InChI=1S/C14H23N3O3/c1-14(2,19)9-17(3)12(18)6-4-5-11-15-13(16-20-11)10-7-8-10/h10,19H,4-9H2,1-3H3. The second kappa shape index (κ2) is 5.91. The second-order valence-electron chi connectivity index (χ2n) is 6.24. The molecular formula is C14H23N3O3. The molecule has 0 unspecified atom stereocenters. The summed E-state index contributed by atoms with van der Waals surface area (Å²) in [6.07, 6.45) is 4.04. The normalized spacial score (nSPS) is 15.4. The molecule has 0 bridgehead atoms. The van der Waals surface area contributed by atoms with Gasteiger partial charge in [0.2, 0.25) is 11.8 Å². The van der Waals surface area contributed by atoms with Crippen molar-refractivity contribution in [1.29, 1.82) is 0 Å². The van der Waals surface area contributed by atoms with Crippen molar-refractivity contribution in [2.24, 2.45) is 0 Å². The highest BCUT2D eigenvalue weighted by molar-refractivity contribution is 5.75. The van der Waals surface area contributed by atoms with Crippen LogP contribution < -0.4 is 0 Å². The number of rotatable bonds is 7. The predicted octanol–water partition coefficient (Wildman–Crippen LogP) is 1.50. The van der Waals surface area contributed by atoms with E-state index in [0.717, 1.165) is 18.7 Å². The van der Waals surface area contributed by atoms with Crippen molar-refractivity contribution < 1.29 is 14.4 Å². The van der Waals surface area contributed by atoms with E-state index in [-0.39, 0.29) is 5.91 Å². The lowest BCUT2D eigenvalue weighted by Crippen LogP contribution is -2.39. The number of likely N-dealkylation sites (N-methyl/N-ethyl adjacent to an activating group) is 1. The van der Waals surface area contributed by atoms with Crippen LogP contribution in [0.1, 0.15) is 57.2 Å². The van der Waals surface area contributed by atoms with E-state index in [0.29, 0.717) is 37.6 Å². The molecule has 0 saturated heterocycles. The maximum Gasteiger partial charge on any atom is 0.226 e. The van der Waals surface area contributed by atoms with Crippen LogP contribution in [0.5, 0.6) is 0 Å². The molecule has 2 rings (SSSR count). The summed E-state index contributed by atoms with van der Waals surface area (Å²) >= 11 is 0. The maximum absolute atomic E-state index is 11.9. The van der Waals surface area contributed by atoms with Gasteiger partial charge in [-0.3, -0.25) is 4.79 Å². The Morgan fingerprint density at radius 3 is 2.80 bits per heavy atom. The lowest BCUT2D eigenvalue weighted by Gasteiger charge is -2.25. The third kappa shape index (κ3) is 4.59. The largest absolute Gasteiger partial charge is 0.389 e. The maximum atomic E-state index is 11.9. The monoisotopic (exact) mass is 281 g/mol. The van der Waals surface area contributed by atoms with Gasteiger partial charge >= 0.3 is 0 Å². The summed E-state index contributed by atoms with van der Waals surface area (Å²) < 4.78 is 5.16. The molecule has 0 radical (unpaired) electrons. The molecule has 1 aliphatic carbocycles. The number of carbonyl (C=O) groups excluding carboxylic acids is 1. The van der Waals surface area contributed by atoms with Crippen molar-refractivity contribution in [1.82, 2.24) is 15.0 Å². The number of nitrogens with zero attached hydrogens (tertiary/aromatic N) is 3. The average Bonchev–Trinajstić information content (AvgIpc) is 3.08. The lowest BCUT2D eigenvalue weighted by molar-refractivity contribution is -0.132. The Labute approximate surface area is 119 Å². The van der Waals surface area contributed by atoms with Crippen molar-refractivity contribution in [3.05, 3.63) is 11.7 Å². The summed E-state index contributed by atoms with van der Waals surface area (Å²) in [5.74, 6) is 1.94. The van der Waals surface area contributed by atoms with E-state index >= 15 is 0 Å². The van der Waals surface area contributed by atoms with E-state index < -0.39 is 5.60 Å². The molecule has 112 valence electrons. The van der Waals surface area contributed by atoms with Crippen LogP contribution in [0.2, 0.25) is 0 Å². The molecule has 1 aromatic rings. The molecule has 0 aromatic carbocycles. The molecule has 1 aliphatic rings. The molecule has 1 aromatic heterocycles. The lowest BCUT2D eigenvalue weighted by atomic mass is 10.1. The molecule has 1 fully saturated rings. The van der Waals surface area contributed by atoms with E-state index in [2.05, 4.69) is 10.1 Å². The van der Waals surface area contributed by atoms with Gasteiger partial charge < -0.3 is 14.5 Å². The highest BCUT2D eigenvalue weighted by Crippen LogP contribution is 2.38. The first kappa shape index (κ1) is 15.0. The Hall–Kier alpha value is -1.43. The zero-order chi connectivity index (χ0) is 14.8. The fraction of sp³-hybridized carbons (Fsp3) is 0.786. The summed E-state index contributed by atoms with van der Waals surface area (Å²) in [6.45, 7) is 3.71. The number of aliphatic hydroxyl groups is 1. The highest BCUT2D eigenvalue weighted by Gasteiger charge is 2.28. The minimum absolute atomic E-state index is 0.0223. The Morgan fingerprint density at radius 1 is 1.50 bits per heavy atom. The summed E-state index contributed by atoms with van der Waals surface area (Å²) in [4.78, 5) is 17.8. The topological polar surface area (TPSA) is 79.5 Å². The van der Waals surface area contributed by atoms with Gasteiger partial charge in [0.25, 0.3) is 0 Å². The Kier molecular flexibility index (Phi) is 4.42. The Bertz CT molecular complexity index is 460. The van der Waals surface area contributed by atoms with Crippen molar-refractivity contribution in [2.75, 3.05) is 13.6 Å². The summed E-state index contributed by atoms with van der Waals surface area (Å²) in [5.41, 5.74) is -0.865. The van der Waals surface area contributed by atoms with Crippen LogP contribution in [0.25, 0.3) is 0 Å². The van der Waals surface area contributed by atoms with Crippen molar-refractivity contribution in [2.45, 2.75) is 57.5 Å². The summed E-state index contributed by atoms with van der Waals surface area (Å²) in [6, 6.07) is 0. The minimum atomic E-state index is -0.865. The van der Waals surface area contributed by atoms with Crippen LogP contribution in [0.4, 0.5) is 0 Å². The Balaban J connectivity index is 1.70. The number of aromatic nitrogens is 2. The number of hydrogen-bond donors (Lipinski definition) is 1. The SMILES string of the molecule is CN(CC(C)(C)O)C(=O)CCCc1nc(C2CC2)no1. The first-order valence-corrected chi connectivity index (χ1v) is 7.14. The van der Waals surface area contributed by atoms with Gasteiger partial charge in [-0.05, 0) is 33.1 Å². The highest BCUT2D eigenvalue weighted by atomic mass is 16.5. The van der Waals surface area contributed by atoms with Gasteiger partial charge in [-0.1, -0.05) is 5.16 Å². The van der Waals surface area contributed by atoms with Crippen LogP contribution in [-0.2, 0) is 11.2 Å². The van der Waals surface area contributed by atoms with Gasteiger partial charge in [0, 0.05) is 32.4 Å². The van der Waals surface area contributed by atoms with Crippen LogP contribution in [0.15, 0.2) is 4.52 Å². The average molecular weight is 281 g/mol. The van der Waals surface area contributed by atoms with Crippen LogP contribution >= 0.6 is 0 Å². The van der Waals surface area contributed by atoms with E-state index in [1.165, 1.54) is 0 Å². The van der Waals surface area contributed by atoms with Crippen LogP contribution in [0.3, 0.4) is 0 Å². The molecule has 20 heavy (non-hydrogen) atoms. The molecule has 1 amide bonds. The molecule has 6 heteroatoms. The predicted molar refractivity (Wildman–Crippen MR) is 73.1 cm³/mol. The molecular weight excluding hydrogens is 258 g/mol. The fourth-order valence-corrected chi connectivity index (χ4v) is 2.13. The molecule has 0 atom stereocenters. The van der Waals surface area contributed by atoms with E-state index in [1.807, 2.05) is 0 Å². The van der Waals surface area contributed by atoms with Crippen molar-refractivity contribution in [3.8, 4) is 0 Å². The van der Waals surface area contributed by atoms with Crippen LogP contribution in [0, 0.1) is 0 Å². The smallest absolute Gasteiger partial charge is 0.226 e. The summed E-state index contributed by atoms with van der Waals surface area (Å²) in [5, 5.41) is 13.6. The Morgan fingerprint density at radius 2 is 2.20 bits per heavy atom. The molecule has 1 saturated carbocycles. The van der Waals surface area contributed by atoms with E-state index in [4.69, 9.17) is 4.52 Å². The third-order valence-electron chi connectivity index (χ3n) is 3.26. The third-order valence-corrected chi connectivity index (χ3v) is 3.26. The first-order valence-electron chi connectivity index (χ1n) is 7.14. The van der Waals surface area contributed by atoms with Gasteiger partial charge in [0.1, 0.15) is 0 Å². The first-order chi connectivity index (χ1) is 9.35. The van der Waals surface area contributed by atoms with Gasteiger partial charge in [-0.2, -0.15) is 4.98 Å². The van der Waals surface area contributed by atoms with Crippen LogP contribution in [-0.4, -0.2) is 45.2 Å². The van der Waals surface area contributed by atoms with Crippen molar-refractivity contribution >= 4 is 5.91 Å². The number of aryl methyl sites for hydroxylation is 1. The van der Waals surface area contributed by atoms with Gasteiger partial charge in [-0.15, -0.1) is 0 Å². The molecule has 6 nitrogen and oxygen atoms in total. The zero-order valence-electron chi connectivity index (χ0n) is 12.4. The van der Waals surface area contributed by atoms with Crippen molar-refractivity contribution in [3.63, 3.8) is 0 Å². The van der Waals surface area contributed by atoms with Gasteiger partial charge in [-0.25, -0.2) is 0 Å². The molecule has 0 spiro atoms. The number of amides is 1. The minimum Gasteiger partial charge on any atom is -0.389 e. The molecule has 1 heterocycles. The van der Waals surface area contributed by atoms with Gasteiger partial charge in [0.15, 0.2) is 5.82 Å². The second-order valence-corrected chi connectivity index (χ2v) is 6.24. The van der Waals surface area contributed by atoms with Gasteiger partial charge in [0.05, 0.1) is 5.60 Å². The van der Waals surface area contributed by atoms with E-state index in [9.17, 15) is 9.90 Å².